The lowest BCUT2D eigenvalue weighted by Crippen LogP contribution is -2.36. The highest BCUT2D eigenvalue weighted by atomic mass is 35.5. The van der Waals surface area contributed by atoms with E-state index in [9.17, 15) is 23.6 Å². The van der Waals surface area contributed by atoms with Gasteiger partial charge in [-0.2, -0.15) is 0 Å². The van der Waals surface area contributed by atoms with Crippen LogP contribution in [-0.4, -0.2) is 51.0 Å². The molecule has 3 aromatic rings. The first-order valence-corrected chi connectivity index (χ1v) is 12.5. The Kier molecular flexibility index (Phi) is 8.01. The van der Waals surface area contributed by atoms with Gasteiger partial charge in [0.25, 0.3) is 5.56 Å². The number of nitrogens with zero attached hydrogens (tertiary/aromatic N) is 3. The summed E-state index contributed by atoms with van der Waals surface area (Å²) in [6, 6.07) is 11.5. The van der Waals surface area contributed by atoms with E-state index < -0.39 is 41.2 Å². The topological polar surface area (TPSA) is 123 Å². The summed E-state index contributed by atoms with van der Waals surface area (Å²) in [4.78, 5) is 56.6. The summed E-state index contributed by atoms with van der Waals surface area (Å²) in [5, 5.41) is 5.53. The number of hydrogen-bond acceptors (Lipinski definition) is 6. The van der Waals surface area contributed by atoms with Crippen LogP contribution >= 0.6 is 11.6 Å². The number of amides is 3. The molecule has 1 saturated heterocycles. The number of carbonyl (C=O) groups is 3. The van der Waals surface area contributed by atoms with Crippen LogP contribution < -0.4 is 16.2 Å². The average molecular weight is 556 g/mol. The van der Waals surface area contributed by atoms with E-state index in [0.717, 1.165) is 6.07 Å². The fourth-order valence-electron chi connectivity index (χ4n) is 4.10. The van der Waals surface area contributed by atoms with Crippen LogP contribution in [0.25, 0.3) is 5.69 Å². The van der Waals surface area contributed by atoms with Crippen molar-refractivity contribution in [1.82, 2.24) is 14.5 Å². The van der Waals surface area contributed by atoms with Crippen molar-refractivity contribution in [1.29, 1.82) is 0 Å². The van der Waals surface area contributed by atoms with Crippen LogP contribution in [0.5, 0.6) is 0 Å². The summed E-state index contributed by atoms with van der Waals surface area (Å²) in [7, 11) is 0. The van der Waals surface area contributed by atoms with Crippen molar-refractivity contribution in [3.8, 4) is 5.69 Å². The predicted octanol–water partition coefficient (Wildman–Crippen LogP) is 4.09. The predicted molar refractivity (Wildman–Crippen MR) is 143 cm³/mol. The minimum Gasteiger partial charge on any atom is -0.444 e. The summed E-state index contributed by atoms with van der Waals surface area (Å²) in [6.07, 6.45) is 2.18. The van der Waals surface area contributed by atoms with E-state index in [4.69, 9.17) is 16.3 Å². The van der Waals surface area contributed by atoms with Gasteiger partial charge in [-0.1, -0.05) is 17.7 Å². The number of hydrogen-bond donors (Lipinski definition) is 2. The van der Waals surface area contributed by atoms with Gasteiger partial charge in [0.1, 0.15) is 17.2 Å². The fraction of sp³-hybridized carbons (Fsp3) is 0.296. The molecule has 0 saturated carbocycles. The minimum atomic E-state index is -1.01. The third-order valence-corrected chi connectivity index (χ3v) is 6.16. The zero-order valence-corrected chi connectivity index (χ0v) is 22.2. The van der Waals surface area contributed by atoms with E-state index in [1.54, 1.807) is 39.0 Å². The van der Waals surface area contributed by atoms with Gasteiger partial charge < -0.3 is 20.3 Å². The van der Waals surface area contributed by atoms with Crippen LogP contribution in [0.1, 0.15) is 20.8 Å². The van der Waals surface area contributed by atoms with Gasteiger partial charge in [-0.3, -0.25) is 19.0 Å². The van der Waals surface area contributed by atoms with E-state index in [-0.39, 0.29) is 35.8 Å². The van der Waals surface area contributed by atoms with E-state index in [1.165, 1.54) is 46.1 Å². The van der Waals surface area contributed by atoms with Crippen molar-refractivity contribution in [3.63, 3.8) is 0 Å². The molecular formula is C27H27ClFN5O5. The van der Waals surface area contributed by atoms with Gasteiger partial charge in [-0.25, -0.2) is 14.2 Å². The van der Waals surface area contributed by atoms with Crippen molar-refractivity contribution in [3.05, 3.63) is 82.1 Å². The molecule has 4 rings (SSSR count). The Morgan fingerprint density at radius 2 is 1.72 bits per heavy atom. The Hall–Kier alpha value is -4.25. The van der Waals surface area contributed by atoms with Gasteiger partial charge in [0, 0.05) is 37.6 Å². The SMILES string of the molecule is CC(C)(C)OC(=O)N1C[C@H](C(=O)Nc2ccc(Cl)cn2)[C@@H](C(=O)Nc2ccc(-n3ccccc3=O)cc2F)C1. The standard InChI is InChI=1S/C27H27ClFN5O5/c1-27(2,3)39-26(38)33-14-18(19(15-33)25(37)32-22-10-7-16(28)13-30-22)24(36)31-21-9-8-17(12-20(21)29)34-11-5-4-6-23(34)35/h4-13,18-19H,14-15H2,1-3H3,(H,31,36)(H,30,32,37)/t18-,19-/m0/s1. The summed E-state index contributed by atoms with van der Waals surface area (Å²) in [5.41, 5.74) is -0.984. The number of ether oxygens (including phenoxy) is 1. The minimum absolute atomic E-state index is 0.0925. The van der Waals surface area contributed by atoms with Crippen molar-refractivity contribution in [2.75, 3.05) is 23.7 Å². The summed E-state index contributed by atoms with van der Waals surface area (Å²) >= 11 is 5.86. The number of anilines is 2. The van der Waals surface area contributed by atoms with Crippen LogP contribution in [0.4, 0.5) is 20.7 Å². The molecule has 2 atom stereocenters. The van der Waals surface area contributed by atoms with Crippen LogP contribution in [0, 0.1) is 17.7 Å². The molecule has 2 N–H and O–H groups in total. The third-order valence-electron chi connectivity index (χ3n) is 5.93. The van der Waals surface area contributed by atoms with Gasteiger partial charge in [0.05, 0.1) is 28.2 Å². The van der Waals surface area contributed by atoms with Crippen molar-refractivity contribution in [2.45, 2.75) is 26.4 Å². The number of benzene rings is 1. The molecule has 1 fully saturated rings. The molecule has 0 unspecified atom stereocenters. The molecule has 10 nitrogen and oxygen atoms in total. The highest BCUT2D eigenvalue weighted by molar-refractivity contribution is 6.30. The van der Waals surface area contributed by atoms with Crippen LogP contribution in [0.15, 0.2) is 65.7 Å². The zero-order valence-electron chi connectivity index (χ0n) is 21.5. The maximum Gasteiger partial charge on any atom is 0.410 e. The summed E-state index contributed by atoms with van der Waals surface area (Å²) < 4.78 is 21.6. The molecular weight excluding hydrogens is 529 g/mol. The summed E-state index contributed by atoms with van der Waals surface area (Å²) in [5.74, 6) is -3.74. The molecule has 0 spiro atoms. The zero-order chi connectivity index (χ0) is 28.3. The molecule has 1 aliphatic heterocycles. The Bertz CT molecular complexity index is 1450. The normalized spacial score (nSPS) is 17.0. The van der Waals surface area contributed by atoms with Crippen molar-refractivity contribution >= 4 is 41.0 Å². The highest BCUT2D eigenvalue weighted by Gasteiger charge is 2.45. The Morgan fingerprint density at radius 1 is 1.03 bits per heavy atom. The number of halogens is 2. The molecule has 3 amide bonds. The summed E-state index contributed by atoms with van der Waals surface area (Å²) in [6.45, 7) is 4.91. The number of likely N-dealkylation sites (tertiary alicyclic amines) is 1. The molecule has 12 heteroatoms. The molecule has 3 heterocycles. The smallest absolute Gasteiger partial charge is 0.410 e. The first kappa shape index (κ1) is 27.8. The molecule has 39 heavy (non-hydrogen) atoms. The Morgan fingerprint density at radius 3 is 2.31 bits per heavy atom. The monoisotopic (exact) mass is 555 g/mol. The van der Waals surface area contributed by atoms with Crippen LogP contribution in [0.3, 0.4) is 0 Å². The lowest BCUT2D eigenvalue weighted by Gasteiger charge is -2.24. The number of rotatable bonds is 5. The van der Waals surface area contributed by atoms with Crippen LogP contribution in [-0.2, 0) is 14.3 Å². The van der Waals surface area contributed by atoms with Crippen molar-refractivity contribution < 1.29 is 23.5 Å². The average Bonchev–Trinajstić information content (AvgIpc) is 3.32. The second kappa shape index (κ2) is 11.2. The third kappa shape index (κ3) is 6.80. The maximum atomic E-state index is 15.0. The van der Waals surface area contributed by atoms with E-state index in [2.05, 4.69) is 15.6 Å². The quantitative estimate of drug-likeness (QED) is 0.489. The van der Waals surface area contributed by atoms with Crippen LogP contribution in [0.2, 0.25) is 5.02 Å². The highest BCUT2D eigenvalue weighted by Crippen LogP contribution is 2.29. The van der Waals surface area contributed by atoms with Gasteiger partial charge in [0.15, 0.2) is 0 Å². The first-order valence-electron chi connectivity index (χ1n) is 12.1. The largest absolute Gasteiger partial charge is 0.444 e. The molecule has 2 aromatic heterocycles. The number of aromatic nitrogens is 2. The number of pyridine rings is 2. The van der Waals surface area contributed by atoms with E-state index >= 15 is 0 Å². The molecule has 204 valence electrons. The fourth-order valence-corrected chi connectivity index (χ4v) is 4.21. The van der Waals surface area contributed by atoms with E-state index in [0.29, 0.717) is 5.02 Å². The van der Waals surface area contributed by atoms with Gasteiger partial charge in [-0.05, 0) is 51.1 Å². The second-order valence-corrected chi connectivity index (χ2v) is 10.4. The van der Waals surface area contributed by atoms with Gasteiger partial charge >= 0.3 is 6.09 Å². The molecule has 0 radical (unpaired) electrons. The number of nitrogens with one attached hydrogen (secondary N) is 2. The maximum absolute atomic E-state index is 15.0. The lowest BCUT2D eigenvalue weighted by molar-refractivity contribution is -0.127. The van der Waals surface area contributed by atoms with Gasteiger partial charge in [-0.15, -0.1) is 0 Å². The second-order valence-electron chi connectivity index (χ2n) is 10.0. The molecule has 1 aromatic carbocycles. The number of carbonyl (C=O) groups excluding carboxylic acids is 3. The lowest BCUT2D eigenvalue weighted by atomic mass is 9.94. The Labute approximate surface area is 228 Å². The molecule has 1 aliphatic rings. The van der Waals surface area contributed by atoms with Gasteiger partial charge in [0.2, 0.25) is 11.8 Å². The molecule has 0 bridgehead atoms. The first-order chi connectivity index (χ1) is 18.4. The van der Waals surface area contributed by atoms with E-state index in [1.807, 2.05) is 0 Å². The van der Waals surface area contributed by atoms with Crippen molar-refractivity contribution in [2.24, 2.45) is 11.8 Å². The Balaban J connectivity index is 1.55. The molecule has 0 aliphatic carbocycles.